The van der Waals surface area contributed by atoms with Gasteiger partial charge in [0.05, 0.1) is 11.7 Å². The van der Waals surface area contributed by atoms with Gasteiger partial charge in [-0.3, -0.25) is 4.79 Å². The van der Waals surface area contributed by atoms with Crippen LogP contribution < -0.4 is 11.1 Å². The third-order valence-electron chi connectivity index (χ3n) is 4.15. The first kappa shape index (κ1) is 14.1. The van der Waals surface area contributed by atoms with E-state index in [1.807, 2.05) is 19.1 Å². The van der Waals surface area contributed by atoms with E-state index in [-0.39, 0.29) is 17.4 Å². The Morgan fingerprint density at radius 2 is 2.21 bits per heavy atom. The molecule has 0 spiro atoms. The zero-order valence-electron chi connectivity index (χ0n) is 11.7. The van der Waals surface area contributed by atoms with E-state index in [2.05, 4.69) is 5.32 Å². The molecule has 1 saturated carbocycles. The van der Waals surface area contributed by atoms with Gasteiger partial charge in [-0.1, -0.05) is 19.3 Å². The number of nitrogens with one attached hydrogen (secondary N) is 1. The lowest BCUT2D eigenvalue weighted by Crippen LogP contribution is -2.50. The maximum atomic E-state index is 12.5. The fourth-order valence-corrected chi connectivity index (χ4v) is 2.91. The molecule has 1 aromatic heterocycles. The van der Waals surface area contributed by atoms with E-state index >= 15 is 0 Å². The topological polar surface area (TPSA) is 68.3 Å². The highest BCUT2D eigenvalue weighted by atomic mass is 16.3. The van der Waals surface area contributed by atoms with Gasteiger partial charge in [0.1, 0.15) is 5.76 Å². The van der Waals surface area contributed by atoms with E-state index < -0.39 is 0 Å². The van der Waals surface area contributed by atoms with Crippen molar-refractivity contribution in [2.75, 3.05) is 6.54 Å². The molecule has 1 heterocycles. The van der Waals surface area contributed by atoms with Crippen molar-refractivity contribution in [3.05, 3.63) is 24.2 Å². The van der Waals surface area contributed by atoms with Gasteiger partial charge < -0.3 is 15.5 Å². The average molecular weight is 264 g/mol. The highest BCUT2D eigenvalue weighted by Crippen LogP contribution is 2.35. The lowest BCUT2D eigenvalue weighted by atomic mass is 9.73. The van der Waals surface area contributed by atoms with Crippen molar-refractivity contribution in [3.8, 4) is 0 Å². The van der Waals surface area contributed by atoms with E-state index in [9.17, 15) is 4.79 Å². The minimum Gasteiger partial charge on any atom is -0.469 e. The van der Waals surface area contributed by atoms with E-state index in [0.717, 1.165) is 37.9 Å². The Bertz CT molecular complexity index is 394. The van der Waals surface area contributed by atoms with Crippen LogP contribution in [0.15, 0.2) is 22.8 Å². The zero-order valence-corrected chi connectivity index (χ0v) is 11.7. The largest absolute Gasteiger partial charge is 0.469 e. The summed E-state index contributed by atoms with van der Waals surface area (Å²) in [6.07, 6.45) is 7.66. The van der Waals surface area contributed by atoms with Crippen molar-refractivity contribution in [1.82, 2.24) is 5.32 Å². The van der Waals surface area contributed by atoms with Crippen molar-refractivity contribution in [2.24, 2.45) is 11.1 Å². The first-order chi connectivity index (χ1) is 9.16. The van der Waals surface area contributed by atoms with Gasteiger partial charge in [0.25, 0.3) is 0 Å². The maximum absolute atomic E-state index is 12.5. The summed E-state index contributed by atoms with van der Waals surface area (Å²) in [5.41, 5.74) is 5.53. The molecule has 1 aromatic rings. The molecule has 0 aromatic carbocycles. The van der Waals surface area contributed by atoms with Crippen LogP contribution in [0.5, 0.6) is 0 Å². The molecule has 19 heavy (non-hydrogen) atoms. The summed E-state index contributed by atoms with van der Waals surface area (Å²) in [6, 6.07) is 3.87. The highest BCUT2D eigenvalue weighted by Gasteiger charge is 2.38. The lowest BCUT2D eigenvalue weighted by Gasteiger charge is -2.35. The highest BCUT2D eigenvalue weighted by molar-refractivity contribution is 5.83. The molecule has 106 valence electrons. The predicted octanol–water partition coefficient (Wildman–Crippen LogP) is 2.24. The molecule has 1 unspecified atom stereocenters. The fourth-order valence-electron chi connectivity index (χ4n) is 2.91. The summed E-state index contributed by atoms with van der Waals surface area (Å²) in [4.78, 5) is 12.5. The van der Waals surface area contributed by atoms with Gasteiger partial charge in [0, 0.05) is 19.0 Å². The van der Waals surface area contributed by atoms with Crippen LogP contribution in [0.3, 0.4) is 0 Å². The van der Waals surface area contributed by atoms with E-state index in [4.69, 9.17) is 10.2 Å². The predicted molar refractivity (Wildman–Crippen MR) is 74.6 cm³/mol. The molecule has 2 rings (SSSR count). The molecule has 1 amide bonds. The van der Waals surface area contributed by atoms with Crippen molar-refractivity contribution in [3.63, 3.8) is 0 Å². The Kier molecular flexibility index (Phi) is 4.64. The molecule has 0 radical (unpaired) electrons. The number of hydrogen-bond donors (Lipinski definition) is 2. The molecule has 4 nitrogen and oxygen atoms in total. The van der Waals surface area contributed by atoms with E-state index in [1.165, 1.54) is 6.42 Å². The molecular weight excluding hydrogens is 240 g/mol. The number of rotatable bonds is 5. The van der Waals surface area contributed by atoms with Crippen LogP contribution in [0.2, 0.25) is 0 Å². The molecule has 1 atom stereocenters. The van der Waals surface area contributed by atoms with Crippen LogP contribution in [0, 0.1) is 5.41 Å². The second-order valence-corrected chi connectivity index (χ2v) is 5.70. The van der Waals surface area contributed by atoms with Gasteiger partial charge in [0.2, 0.25) is 5.91 Å². The Hall–Kier alpha value is -1.29. The minimum absolute atomic E-state index is 0.0731. The lowest BCUT2D eigenvalue weighted by molar-refractivity contribution is -0.133. The Morgan fingerprint density at radius 3 is 2.79 bits per heavy atom. The summed E-state index contributed by atoms with van der Waals surface area (Å²) < 4.78 is 5.31. The molecule has 3 N–H and O–H groups in total. The van der Waals surface area contributed by atoms with Gasteiger partial charge in [-0.05, 0) is 31.9 Å². The number of carbonyl (C=O) groups is 1. The summed E-state index contributed by atoms with van der Waals surface area (Å²) in [6.45, 7) is 2.46. The molecule has 1 fully saturated rings. The van der Waals surface area contributed by atoms with Gasteiger partial charge in [0.15, 0.2) is 0 Å². The minimum atomic E-state index is -0.338. The standard InChI is InChI=1S/C15H24N2O2/c1-12(10-13-6-5-9-19-13)17-14(18)15(11-16)7-3-2-4-8-15/h5-6,9,12H,2-4,7-8,10-11,16H2,1H3,(H,17,18). The van der Waals surface area contributed by atoms with Crippen LogP contribution in [0.1, 0.15) is 44.8 Å². The summed E-state index contributed by atoms with van der Waals surface area (Å²) in [5.74, 6) is 1.02. The number of hydrogen-bond acceptors (Lipinski definition) is 3. The van der Waals surface area contributed by atoms with Gasteiger partial charge in [-0.15, -0.1) is 0 Å². The van der Waals surface area contributed by atoms with Crippen LogP contribution in [0.25, 0.3) is 0 Å². The second kappa shape index (κ2) is 6.24. The third-order valence-corrected chi connectivity index (χ3v) is 4.15. The SMILES string of the molecule is CC(Cc1ccco1)NC(=O)C1(CN)CCCCC1. The van der Waals surface area contributed by atoms with Crippen molar-refractivity contribution < 1.29 is 9.21 Å². The fraction of sp³-hybridized carbons (Fsp3) is 0.667. The van der Waals surface area contributed by atoms with Gasteiger partial charge in [-0.25, -0.2) is 0 Å². The van der Waals surface area contributed by atoms with Crippen molar-refractivity contribution in [1.29, 1.82) is 0 Å². The van der Waals surface area contributed by atoms with Crippen LogP contribution in [0.4, 0.5) is 0 Å². The molecule has 4 heteroatoms. The molecule has 0 bridgehead atoms. The second-order valence-electron chi connectivity index (χ2n) is 5.70. The van der Waals surface area contributed by atoms with Crippen LogP contribution in [-0.4, -0.2) is 18.5 Å². The first-order valence-electron chi connectivity index (χ1n) is 7.20. The Balaban J connectivity index is 1.91. The zero-order chi connectivity index (χ0) is 13.7. The molecule has 0 saturated heterocycles. The summed E-state index contributed by atoms with van der Waals surface area (Å²) in [7, 11) is 0. The normalized spacial score (nSPS) is 19.9. The molecule has 1 aliphatic carbocycles. The number of nitrogens with two attached hydrogens (primary N) is 1. The summed E-state index contributed by atoms with van der Waals surface area (Å²) in [5, 5.41) is 3.10. The van der Waals surface area contributed by atoms with Gasteiger partial charge >= 0.3 is 0 Å². The summed E-state index contributed by atoms with van der Waals surface area (Å²) >= 11 is 0. The van der Waals surface area contributed by atoms with E-state index in [0.29, 0.717) is 6.54 Å². The van der Waals surface area contributed by atoms with Crippen molar-refractivity contribution in [2.45, 2.75) is 51.5 Å². The maximum Gasteiger partial charge on any atom is 0.227 e. The monoisotopic (exact) mass is 264 g/mol. The molecular formula is C15H24N2O2. The van der Waals surface area contributed by atoms with Crippen molar-refractivity contribution >= 4 is 5.91 Å². The third kappa shape index (κ3) is 3.38. The number of amides is 1. The Morgan fingerprint density at radius 1 is 1.47 bits per heavy atom. The number of furan rings is 1. The van der Waals surface area contributed by atoms with Gasteiger partial charge in [-0.2, -0.15) is 0 Å². The average Bonchev–Trinajstić information content (AvgIpc) is 2.92. The van der Waals surface area contributed by atoms with E-state index in [1.54, 1.807) is 6.26 Å². The van der Waals surface area contributed by atoms with Crippen LogP contribution in [-0.2, 0) is 11.2 Å². The smallest absolute Gasteiger partial charge is 0.227 e. The number of carbonyl (C=O) groups excluding carboxylic acids is 1. The van der Waals surface area contributed by atoms with Crippen LogP contribution >= 0.6 is 0 Å². The first-order valence-corrected chi connectivity index (χ1v) is 7.20. The molecule has 1 aliphatic rings. The molecule has 0 aliphatic heterocycles. The Labute approximate surface area is 114 Å². The quantitative estimate of drug-likeness (QED) is 0.857.